The SMILES string of the molecule is Cc1nc(-c2c[nH]c3c(C#N)cccc23)cnc1OCC1[C@H]2CNC[C@@H]12. The van der Waals surface area contributed by atoms with Crippen molar-refractivity contribution in [2.75, 3.05) is 19.7 Å². The van der Waals surface area contributed by atoms with Gasteiger partial charge in [-0.1, -0.05) is 12.1 Å². The number of aromatic amines is 1. The number of nitrogens with zero attached hydrogens (tertiary/aromatic N) is 3. The van der Waals surface area contributed by atoms with E-state index in [4.69, 9.17) is 4.74 Å². The van der Waals surface area contributed by atoms with Gasteiger partial charge in [0.1, 0.15) is 11.8 Å². The van der Waals surface area contributed by atoms with Crippen LogP contribution in [0.2, 0.25) is 0 Å². The van der Waals surface area contributed by atoms with Gasteiger partial charge >= 0.3 is 0 Å². The Morgan fingerprint density at radius 2 is 2.15 bits per heavy atom. The fourth-order valence-electron chi connectivity index (χ4n) is 4.17. The number of hydrogen-bond donors (Lipinski definition) is 2. The lowest BCUT2D eigenvalue weighted by Gasteiger charge is -2.10. The lowest BCUT2D eigenvalue weighted by Crippen LogP contribution is -2.18. The van der Waals surface area contributed by atoms with Crippen molar-refractivity contribution in [3.63, 3.8) is 0 Å². The first-order valence-corrected chi connectivity index (χ1v) is 8.94. The number of H-pyrrole nitrogens is 1. The maximum atomic E-state index is 9.25. The molecule has 1 unspecified atom stereocenters. The lowest BCUT2D eigenvalue weighted by molar-refractivity contribution is 0.267. The van der Waals surface area contributed by atoms with Gasteiger partial charge in [0.15, 0.2) is 0 Å². The fraction of sp³-hybridized carbons (Fsp3) is 0.350. The number of piperidine rings is 1. The molecule has 2 aliphatic rings. The van der Waals surface area contributed by atoms with Crippen molar-refractivity contribution in [1.82, 2.24) is 20.3 Å². The van der Waals surface area contributed by atoms with Gasteiger partial charge in [0, 0.05) is 23.1 Å². The summed E-state index contributed by atoms with van der Waals surface area (Å²) in [5, 5.41) is 13.6. The molecule has 6 heteroatoms. The van der Waals surface area contributed by atoms with Gasteiger partial charge in [0.25, 0.3) is 0 Å². The summed E-state index contributed by atoms with van der Waals surface area (Å²) in [5.41, 5.74) is 3.98. The Hall–Kier alpha value is -2.91. The summed E-state index contributed by atoms with van der Waals surface area (Å²) >= 11 is 0. The molecule has 5 rings (SSSR count). The Kier molecular flexibility index (Phi) is 3.44. The molecule has 6 nitrogen and oxygen atoms in total. The summed E-state index contributed by atoms with van der Waals surface area (Å²) in [6.07, 6.45) is 3.63. The zero-order chi connectivity index (χ0) is 17.7. The minimum absolute atomic E-state index is 0.615. The Morgan fingerprint density at radius 1 is 1.31 bits per heavy atom. The summed E-state index contributed by atoms with van der Waals surface area (Å²) < 4.78 is 5.94. The minimum Gasteiger partial charge on any atom is -0.476 e. The normalized spacial score (nSPS) is 23.6. The molecule has 0 spiro atoms. The number of aryl methyl sites for hydroxylation is 1. The van der Waals surface area contributed by atoms with Gasteiger partial charge in [-0.2, -0.15) is 5.26 Å². The monoisotopic (exact) mass is 345 g/mol. The topological polar surface area (TPSA) is 86.6 Å². The molecule has 1 aliphatic carbocycles. The Bertz CT molecular complexity index is 1020. The van der Waals surface area contributed by atoms with E-state index in [0.29, 0.717) is 17.4 Å². The van der Waals surface area contributed by atoms with Gasteiger partial charge in [-0.3, -0.25) is 0 Å². The number of benzene rings is 1. The van der Waals surface area contributed by atoms with Crippen molar-refractivity contribution in [2.24, 2.45) is 17.8 Å². The van der Waals surface area contributed by atoms with E-state index in [2.05, 4.69) is 26.3 Å². The molecule has 2 aromatic heterocycles. The molecule has 1 aromatic carbocycles. The number of rotatable bonds is 4. The molecule has 0 amide bonds. The second kappa shape index (κ2) is 5.82. The predicted octanol–water partition coefficient (Wildman–Crippen LogP) is 2.65. The number of nitriles is 1. The van der Waals surface area contributed by atoms with Gasteiger partial charge < -0.3 is 15.0 Å². The van der Waals surface area contributed by atoms with Crippen LogP contribution in [0.25, 0.3) is 22.2 Å². The molecule has 26 heavy (non-hydrogen) atoms. The third-order valence-electron chi connectivity index (χ3n) is 5.70. The molecule has 0 radical (unpaired) electrons. The highest BCUT2D eigenvalue weighted by molar-refractivity contribution is 5.97. The molecule has 2 fully saturated rings. The minimum atomic E-state index is 0.615. The van der Waals surface area contributed by atoms with Crippen LogP contribution in [0.5, 0.6) is 5.88 Å². The quantitative estimate of drug-likeness (QED) is 0.759. The van der Waals surface area contributed by atoms with E-state index in [1.807, 2.05) is 25.3 Å². The third kappa shape index (κ3) is 2.36. The van der Waals surface area contributed by atoms with E-state index in [1.54, 1.807) is 12.3 Å². The molecule has 1 aliphatic heterocycles. The van der Waals surface area contributed by atoms with E-state index < -0.39 is 0 Å². The van der Waals surface area contributed by atoms with Crippen LogP contribution in [0, 0.1) is 36.0 Å². The van der Waals surface area contributed by atoms with Gasteiger partial charge in [-0.05, 0) is 37.9 Å². The smallest absolute Gasteiger partial charge is 0.235 e. The first-order valence-electron chi connectivity index (χ1n) is 8.94. The maximum absolute atomic E-state index is 9.25. The van der Waals surface area contributed by atoms with Crippen molar-refractivity contribution >= 4 is 10.9 Å². The van der Waals surface area contributed by atoms with Crippen LogP contribution in [-0.4, -0.2) is 34.6 Å². The van der Waals surface area contributed by atoms with Crippen molar-refractivity contribution in [3.8, 4) is 23.2 Å². The average Bonchev–Trinajstić information content (AvgIpc) is 3.04. The van der Waals surface area contributed by atoms with Gasteiger partial charge in [-0.15, -0.1) is 0 Å². The summed E-state index contributed by atoms with van der Waals surface area (Å²) in [7, 11) is 0. The fourth-order valence-corrected chi connectivity index (χ4v) is 4.17. The van der Waals surface area contributed by atoms with Crippen LogP contribution in [0.4, 0.5) is 0 Å². The van der Waals surface area contributed by atoms with Crippen LogP contribution < -0.4 is 10.1 Å². The Balaban J connectivity index is 1.39. The highest BCUT2D eigenvalue weighted by atomic mass is 16.5. The van der Waals surface area contributed by atoms with E-state index in [-0.39, 0.29) is 0 Å². The summed E-state index contributed by atoms with van der Waals surface area (Å²) in [6.45, 7) is 4.89. The average molecular weight is 345 g/mol. The summed E-state index contributed by atoms with van der Waals surface area (Å²) in [4.78, 5) is 12.4. The molecular formula is C20H19N5O. The largest absolute Gasteiger partial charge is 0.476 e. The number of para-hydroxylation sites is 1. The highest BCUT2D eigenvalue weighted by Crippen LogP contribution is 2.48. The second-order valence-electron chi connectivity index (χ2n) is 7.15. The van der Waals surface area contributed by atoms with Crippen LogP contribution in [0.1, 0.15) is 11.3 Å². The first-order chi connectivity index (χ1) is 12.8. The van der Waals surface area contributed by atoms with E-state index in [9.17, 15) is 5.26 Å². The van der Waals surface area contributed by atoms with E-state index in [0.717, 1.165) is 59.4 Å². The zero-order valence-electron chi connectivity index (χ0n) is 14.5. The predicted molar refractivity (Wildman–Crippen MR) is 97.6 cm³/mol. The van der Waals surface area contributed by atoms with Crippen LogP contribution in [0.15, 0.2) is 30.6 Å². The third-order valence-corrected chi connectivity index (χ3v) is 5.70. The summed E-state index contributed by atoms with van der Waals surface area (Å²) in [6, 6.07) is 7.89. The zero-order valence-corrected chi connectivity index (χ0v) is 14.5. The Morgan fingerprint density at radius 3 is 2.92 bits per heavy atom. The maximum Gasteiger partial charge on any atom is 0.235 e. The molecule has 3 atom stereocenters. The molecule has 3 aromatic rings. The van der Waals surface area contributed by atoms with Crippen LogP contribution in [0.3, 0.4) is 0 Å². The summed E-state index contributed by atoms with van der Waals surface area (Å²) in [5.74, 6) is 2.84. The van der Waals surface area contributed by atoms with Crippen molar-refractivity contribution in [3.05, 3.63) is 41.9 Å². The first kappa shape index (κ1) is 15.4. The van der Waals surface area contributed by atoms with E-state index >= 15 is 0 Å². The van der Waals surface area contributed by atoms with Gasteiger partial charge in [0.05, 0.1) is 29.6 Å². The van der Waals surface area contributed by atoms with Gasteiger partial charge in [0.2, 0.25) is 5.88 Å². The number of nitrogens with one attached hydrogen (secondary N) is 2. The van der Waals surface area contributed by atoms with Crippen LogP contribution >= 0.6 is 0 Å². The van der Waals surface area contributed by atoms with Crippen molar-refractivity contribution in [1.29, 1.82) is 5.26 Å². The standard InChI is InChI=1S/C20H19N5O/c1-11-20(26-10-17-14-6-22-7-15(14)17)24-9-18(25-11)16-8-23-19-12(5-21)3-2-4-13(16)19/h2-4,8-9,14-15,17,22-23H,6-7,10H2,1H3/t14-,15+,17?. The van der Waals surface area contributed by atoms with Crippen molar-refractivity contribution < 1.29 is 4.74 Å². The molecule has 0 bridgehead atoms. The van der Waals surface area contributed by atoms with E-state index in [1.165, 1.54) is 0 Å². The molecule has 1 saturated heterocycles. The van der Waals surface area contributed by atoms with Gasteiger partial charge in [-0.25, -0.2) is 9.97 Å². The number of aromatic nitrogens is 3. The lowest BCUT2D eigenvalue weighted by atomic mass is 10.1. The van der Waals surface area contributed by atoms with Crippen LogP contribution in [-0.2, 0) is 0 Å². The molecule has 1 saturated carbocycles. The second-order valence-corrected chi connectivity index (χ2v) is 7.15. The highest BCUT2D eigenvalue weighted by Gasteiger charge is 2.53. The number of ether oxygens (including phenoxy) is 1. The number of hydrogen-bond acceptors (Lipinski definition) is 5. The molecule has 2 N–H and O–H groups in total. The molecule has 130 valence electrons. The molecule has 3 heterocycles. The molecular weight excluding hydrogens is 326 g/mol. The van der Waals surface area contributed by atoms with Crippen molar-refractivity contribution in [2.45, 2.75) is 6.92 Å². The Labute approximate surface area is 151 Å². The number of fused-ring (bicyclic) bond motifs is 2.